The first-order valence-corrected chi connectivity index (χ1v) is 4.44. The van der Waals surface area contributed by atoms with Crippen LogP contribution in [0, 0.1) is 6.92 Å². The van der Waals surface area contributed by atoms with Gasteiger partial charge in [-0.25, -0.2) is 0 Å². The van der Waals surface area contributed by atoms with E-state index in [0.29, 0.717) is 0 Å². The van der Waals surface area contributed by atoms with Gasteiger partial charge in [0.05, 0.1) is 11.5 Å². The molecule has 2 atom stereocenters. The van der Waals surface area contributed by atoms with Crippen LogP contribution in [0.4, 0.5) is 0 Å². The summed E-state index contributed by atoms with van der Waals surface area (Å²) in [6.45, 7) is 3.69. The minimum absolute atomic E-state index is 0.300. The first-order chi connectivity index (χ1) is 5.63. The van der Waals surface area contributed by atoms with E-state index in [-0.39, 0.29) is 5.38 Å². The highest BCUT2D eigenvalue weighted by Crippen LogP contribution is 2.26. The Morgan fingerprint density at radius 1 is 1.33 bits per heavy atom. The molecule has 2 unspecified atom stereocenters. The second-order valence-electron chi connectivity index (χ2n) is 3.00. The standard InChI is InChI=1S/C10H13ClO/c1-7-5-3-4-6-9(7)10(11)8(2)12/h3-6,8,10,12H,1-2H3. The number of halogens is 1. The van der Waals surface area contributed by atoms with E-state index in [1.54, 1.807) is 6.92 Å². The van der Waals surface area contributed by atoms with E-state index >= 15 is 0 Å². The van der Waals surface area contributed by atoms with Gasteiger partial charge < -0.3 is 5.11 Å². The summed E-state index contributed by atoms with van der Waals surface area (Å²) in [6, 6.07) is 7.83. The number of hydrogen-bond donors (Lipinski definition) is 1. The lowest BCUT2D eigenvalue weighted by Gasteiger charge is -2.14. The Labute approximate surface area is 78.0 Å². The minimum atomic E-state index is -0.507. The lowest BCUT2D eigenvalue weighted by atomic mass is 10.0. The van der Waals surface area contributed by atoms with Crippen LogP contribution in [-0.2, 0) is 0 Å². The highest BCUT2D eigenvalue weighted by Gasteiger charge is 2.14. The van der Waals surface area contributed by atoms with E-state index in [2.05, 4.69) is 0 Å². The summed E-state index contributed by atoms with van der Waals surface area (Å²) in [4.78, 5) is 0. The zero-order chi connectivity index (χ0) is 9.14. The zero-order valence-corrected chi connectivity index (χ0v) is 8.05. The van der Waals surface area contributed by atoms with Gasteiger partial charge in [0.2, 0.25) is 0 Å². The Kier molecular flexibility index (Phi) is 3.12. The number of aliphatic hydroxyl groups excluding tert-OH is 1. The fourth-order valence-electron chi connectivity index (χ4n) is 1.16. The van der Waals surface area contributed by atoms with Crippen molar-refractivity contribution in [2.45, 2.75) is 25.3 Å². The van der Waals surface area contributed by atoms with Crippen molar-refractivity contribution in [3.05, 3.63) is 35.4 Å². The topological polar surface area (TPSA) is 20.2 Å². The molecule has 2 heteroatoms. The van der Waals surface area contributed by atoms with Crippen molar-refractivity contribution in [1.82, 2.24) is 0 Å². The molecule has 0 radical (unpaired) electrons. The van der Waals surface area contributed by atoms with E-state index in [0.717, 1.165) is 11.1 Å². The Hall–Kier alpha value is -0.530. The first-order valence-electron chi connectivity index (χ1n) is 4.00. The van der Waals surface area contributed by atoms with Crippen LogP contribution in [-0.4, -0.2) is 11.2 Å². The van der Waals surface area contributed by atoms with Crippen molar-refractivity contribution < 1.29 is 5.11 Å². The molecule has 0 aliphatic rings. The molecular formula is C10H13ClO. The van der Waals surface area contributed by atoms with E-state index in [4.69, 9.17) is 11.6 Å². The second-order valence-corrected chi connectivity index (χ2v) is 3.47. The average molecular weight is 185 g/mol. The smallest absolute Gasteiger partial charge is 0.0844 e. The average Bonchev–Trinajstić information content (AvgIpc) is 2.04. The lowest BCUT2D eigenvalue weighted by molar-refractivity contribution is 0.189. The molecule has 0 aromatic heterocycles. The molecule has 12 heavy (non-hydrogen) atoms. The summed E-state index contributed by atoms with van der Waals surface area (Å²) in [5.74, 6) is 0. The molecule has 1 aromatic rings. The van der Waals surface area contributed by atoms with Crippen LogP contribution >= 0.6 is 11.6 Å². The predicted octanol–water partition coefficient (Wildman–Crippen LogP) is 2.66. The first kappa shape index (κ1) is 9.56. The van der Waals surface area contributed by atoms with E-state index in [9.17, 15) is 5.11 Å². The highest BCUT2D eigenvalue weighted by atomic mass is 35.5. The van der Waals surface area contributed by atoms with Gasteiger partial charge in [0.15, 0.2) is 0 Å². The van der Waals surface area contributed by atoms with Crippen LogP contribution in [0.25, 0.3) is 0 Å². The number of aliphatic hydroxyl groups is 1. The predicted molar refractivity (Wildman–Crippen MR) is 51.5 cm³/mol. The summed E-state index contributed by atoms with van der Waals surface area (Å²) in [5, 5.41) is 8.97. The molecule has 1 N–H and O–H groups in total. The fraction of sp³-hybridized carbons (Fsp3) is 0.400. The molecule has 66 valence electrons. The molecule has 0 spiro atoms. The Morgan fingerprint density at radius 3 is 2.42 bits per heavy atom. The van der Waals surface area contributed by atoms with E-state index < -0.39 is 6.10 Å². The maximum Gasteiger partial charge on any atom is 0.0844 e. The largest absolute Gasteiger partial charge is 0.392 e. The van der Waals surface area contributed by atoms with Crippen molar-refractivity contribution in [2.24, 2.45) is 0 Å². The molecule has 0 amide bonds. The van der Waals surface area contributed by atoms with Crippen molar-refractivity contribution in [3.8, 4) is 0 Å². The molecule has 1 rings (SSSR count). The Morgan fingerprint density at radius 2 is 1.92 bits per heavy atom. The van der Waals surface area contributed by atoms with Crippen LogP contribution in [0.3, 0.4) is 0 Å². The third-order valence-corrected chi connectivity index (χ3v) is 2.51. The van der Waals surface area contributed by atoms with E-state index in [1.807, 2.05) is 31.2 Å². The summed E-state index contributed by atoms with van der Waals surface area (Å²) in [7, 11) is 0. The van der Waals surface area contributed by atoms with Crippen molar-refractivity contribution >= 4 is 11.6 Å². The maximum atomic E-state index is 9.27. The third-order valence-electron chi connectivity index (χ3n) is 1.91. The summed E-state index contributed by atoms with van der Waals surface area (Å²) < 4.78 is 0. The van der Waals surface area contributed by atoms with Crippen LogP contribution in [0.15, 0.2) is 24.3 Å². The number of alkyl halides is 1. The third kappa shape index (κ3) is 1.99. The number of benzene rings is 1. The molecule has 0 aliphatic carbocycles. The molecule has 0 aliphatic heterocycles. The van der Waals surface area contributed by atoms with Gasteiger partial charge >= 0.3 is 0 Å². The van der Waals surface area contributed by atoms with Crippen molar-refractivity contribution in [1.29, 1.82) is 0 Å². The monoisotopic (exact) mass is 184 g/mol. The molecule has 0 bridgehead atoms. The summed E-state index contributed by atoms with van der Waals surface area (Å²) in [6.07, 6.45) is -0.507. The number of rotatable bonds is 2. The van der Waals surface area contributed by atoms with Gasteiger partial charge in [-0.1, -0.05) is 24.3 Å². The van der Waals surface area contributed by atoms with Crippen LogP contribution in [0.5, 0.6) is 0 Å². The fourth-order valence-corrected chi connectivity index (χ4v) is 1.40. The van der Waals surface area contributed by atoms with Crippen molar-refractivity contribution in [3.63, 3.8) is 0 Å². The minimum Gasteiger partial charge on any atom is -0.392 e. The van der Waals surface area contributed by atoms with E-state index in [1.165, 1.54) is 0 Å². The van der Waals surface area contributed by atoms with Gasteiger partial charge in [-0.3, -0.25) is 0 Å². The van der Waals surface area contributed by atoms with Crippen LogP contribution in [0.1, 0.15) is 23.4 Å². The Balaban J connectivity index is 2.94. The number of aryl methyl sites for hydroxylation is 1. The lowest BCUT2D eigenvalue weighted by Crippen LogP contribution is -2.09. The molecule has 1 nitrogen and oxygen atoms in total. The van der Waals surface area contributed by atoms with Crippen molar-refractivity contribution in [2.75, 3.05) is 0 Å². The quantitative estimate of drug-likeness (QED) is 0.701. The molecular weight excluding hydrogens is 172 g/mol. The van der Waals surface area contributed by atoms with Gasteiger partial charge in [0, 0.05) is 0 Å². The van der Waals surface area contributed by atoms with Crippen LogP contribution in [0.2, 0.25) is 0 Å². The van der Waals surface area contributed by atoms with Gasteiger partial charge in [0.1, 0.15) is 0 Å². The molecule has 0 heterocycles. The second kappa shape index (κ2) is 3.92. The Bertz CT molecular complexity index is 258. The van der Waals surface area contributed by atoms with Gasteiger partial charge in [0.25, 0.3) is 0 Å². The normalized spacial score (nSPS) is 15.7. The zero-order valence-electron chi connectivity index (χ0n) is 7.29. The molecule has 0 saturated heterocycles. The number of hydrogen-bond acceptors (Lipinski definition) is 1. The SMILES string of the molecule is Cc1ccccc1C(Cl)C(C)O. The highest BCUT2D eigenvalue weighted by molar-refractivity contribution is 6.21. The van der Waals surface area contributed by atoms with Gasteiger partial charge in [-0.05, 0) is 25.0 Å². The molecule has 1 aromatic carbocycles. The maximum absolute atomic E-state index is 9.27. The summed E-state index contributed by atoms with van der Waals surface area (Å²) >= 11 is 6.00. The van der Waals surface area contributed by atoms with Gasteiger partial charge in [-0.2, -0.15) is 0 Å². The molecule has 0 fully saturated rings. The van der Waals surface area contributed by atoms with Crippen LogP contribution < -0.4 is 0 Å². The molecule has 0 saturated carbocycles. The van der Waals surface area contributed by atoms with Gasteiger partial charge in [-0.15, -0.1) is 11.6 Å². The summed E-state index contributed by atoms with van der Waals surface area (Å²) in [5.41, 5.74) is 2.13.